The van der Waals surface area contributed by atoms with Gasteiger partial charge in [-0.3, -0.25) is 0 Å². The van der Waals surface area contributed by atoms with Crippen LogP contribution in [0.2, 0.25) is 0 Å². The first-order chi connectivity index (χ1) is 2.00. The molecule has 0 radical (unpaired) electrons. The van der Waals surface area contributed by atoms with Gasteiger partial charge in [0.2, 0.25) is 0 Å². The Bertz CT molecular complexity index is 23.1. The van der Waals surface area contributed by atoms with E-state index < -0.39 is 14.7 Å². The van der Waals surface area contributed by atoms with Crippen molar-refractivity contribution in [2.24, 2.45) is 0 Å². The molecule has 0 aromatic carbocycles. The van der Waals surface area contributed by atoms with E-state index in [0.717, 1.165) is 0 Å². The third-order valence-electron chi connectivity index (χ3n) is 0. The van der Waals surface area contributed by atoms with Gasteiger partial charge < -0.3 is 0 Å². The molecule has 0 rings (SSSR count). The summed E-state index contributed by atoms with van der Waals surface area (Å²) >= 11 is -4.00. The Kier molecular flexibility index (Phi) is 2.18. The molecule has 0 spiro atoms. The van der Waals surface area contributed by atoms with E-state index in [0.29, 0.717) is 0 Å². The minimum absolute atomic E-state index is 4.00. The van der Waals surface area contributed by atoms with E-state index in [2.05, 4.69) is 18.8 Å². The molecule has 5 heavy (non-hydrogen) atoms. The van der Waals surface area contributed by atoms with Crippen molar-refractivity contribution in [3.63, 3.8) is 0 Å². The Hall–Kier alpha value is 1.19. The molecule has 0 aliphatic heterocycles. The molecule has 0 bridgehead atoms. The van der Waals surface area contributed by atoms with Crippen LogP contribution in [0.25, 0.3) is 0 Å². The first-order valence-electron chi connectivity index (χ1n) is 0.522. The third kappa shape index (κ3) is 37.3. The molecule has 0 aliphatic rings. The molecule has 0 heterocycles. The Balaban J connectivity index is 3.02. The van der Waals surface area contributed by atoms with Gasteiger partial charge in [0, 0.05) is 0 Å². The Labute approximate surface area is 41.3 Å². The van der Waals surface area contributed by atoms with E-state index in [-0.39, 0.29) is 0 Å². The molecule has 0 atom stereocenters. The summed E-state index contributed by atoms with van der Waals surface area (Å²) in [6.45, 7) is 0. The average molecular weight is 300 g/mol. The maximum absolute atomic E-state index is 7.79. The van der Waals surface area contributed by atoms with Crippen LogP contribution in [0, 0.1) is 0 Å². The van der Waals surface area contributed by atoms with Gasteiger partial charge in [0.05, 0.1) is 0 Å². The van der Waals surface area contributed by atoms with Crippen LogP contribution < -0.4 is 0 Å². The molecule has 0 aromatic rings. The summed E-state index contributed by atoms with van der Waals surface area (Å²) < 4.78 is 15.6. The van der Waals surface area contributed by atoms with Crippen LogP contribution in [-0.4, -0.2) is 7.52 Å². The molecule has 0 aliphatic carbocycles. The van der Waals surface area contributed by atoms with E-state index in [1.165, 1.54) is 0 Å². The van der Waals surface area contributed by atoms with Gasteiger partial charge in [0.15, 0.2) is 0 Å². The zero-order valence-corrected chi connectivity index (χ0v) is 5.75. The normalized spacial score (nSPS) is 15.2. The van der Waals surface area contributed by atoms with Crippen LogP contribution in [0.15, 0.2) is 0 Å². The molecule has 0 saturated heterocycles. The van der Waals surface area contributed by atoms with E-state index in [9.17, 15) is 0 Å². The Morgan fingerprint density at radius 2 is 1.20 bits per heavy atom. The Morgan fingerprint density at radius 3 is 1.20 bits per heavy atom. The van der Waals surface area contributed by atoms with Crippen molar-refractivity contribution < 1.29 is 22.3 Å². The topological polar surface area (TPSA) is 40.5 Å². The van der Waals surface area contributed by atoms with Crippen LogP contribution in [-0.2, 0) is 14.7 Å². The van der Waals surface area contributed by atoms with Crippen molar-refractivity contribution in [2.75, 3.05) is 0 Å². The van der Waals surface area contributed by atoms with Crippen molar-refractivity contribution in [3.8, 4) is 0 Å². The SMILES string of the molecule is [OH][Pt]([OH])([Cl])[Cl]. The second-order valence-corrected chi connectivity index (χ2v) is 9.10. The fourth-order valence-electron chi connectivity index (χ4n) is 0. The monoisotopic (exact) mass is 299 g/mol. The van der Waals surface area contributed by atoms with Gasteiger partial charge in [0.1, 0.15) is 0 Å². The molecule has 38 valence electrons. The fourth-order valence-corrected chi connectivity index (χ4v) is 0. The van der Waals surface area contributed by atoms with Crippen molar-refractivity contribution in [1.29, 1.82) is 0 Å². The Morgan fingerprint density at radius 1 is 1.20 bits per heavy atom. The first kappa shape index (κ1) is 6.19. The third-order valence-corrected chi connectivity index (χ3v) is 0. The summed E-state index contributed by atoms with van der Waals surface area (Å²) in [7, 11) is 9.17. The molecule has 2 N–H and O–H groups in total. The van der Waals surface area contributed by atoms with Gasteiger partial charge in [-0.25, -0.2) is 0 Å². The number of hydrogen-bond acceptors (Lipinski definition) is 2. The van der Waals surface area contributed by atoms with E-state index in [4.69, 9.17) is 7.52 Å². The van der Waals surface area contributed by atoms with E-state index >= 15 is 0 Å². The first-order valence-corrected chi connectivity index (χ1v) is 8.19. The number of halogens is 2. The van der Waals surface area contributed by atoms with Gasteiger partial charge in [0.25, 0.3) is 0 Å². The molecule has 0 saturated carbocycles. The fraction of sp³-hybridized carbons (Fsp3) is 0. The number of hydrogen-bond donors (Lipinski definition) is 2. The van der Waals surface area contributed by atoms with Gasteiger partial charge in [-0.1, -0.05) is 0 Å². The second-order valence-electron chi connectivity index (χ2n) is 0.322. The van der Waals surface area contributed by atoms with Crippen molar-refractivity contribution in [2.45, 2.75) is 0 Å². The summed E-state index contributed by atoms with van der Waals surface area (Å²) in [5.41, 5.74) is 0. The average Bonchev–Trinajstić information content (AvgIpc) is 0.722. The van der Waals surface area contributed by atoms with Crippen molar-refractivity contribution in [1.82, 2.24) is 0 Å². The number of rotatable bonds is 0. The van der Waals surface area contributed by atoms with E-state index in [1.807, 2.05) is 0 Å². The quantitative estimate of drug-likeness (QED) is 0.674. The van der Waals surface area contributed by atoms with E-state index in [1.54, 1.807) is 0 Å². The maximum atomic E-state index is 7.79. The minimum atomic E-state index is -4.00. The van der Waals surface area contributed by atoms with Crippen LogP contribution in [0.4, 0.5) is 0 Å². The predicted octanol–water partition coefficient (Wildman–Crippen LogP) is 0.263. The molecule has 0 aromatic heterocycles. The zero-order chi connectivity index (χ0) is 4.50. The molecular formula is H2Cl2O2Pt. The summed E-state index contributed by atoms with van der Waals surface area (Å²) in [6, 6.07) is 0. The summed E-state index contributed by atoms with van der Waals surface area (Å²) in [5.74, 6) is 0. The van der Waals surface area contributed by atoms with Crippen molar-refractivity contribution >= 4 is 18.8 Å². The van der Waals surface area contributed by atoms with Gasteiger partial charge in [-0.15, -0.1) is 0 Å². The standard InChI is InChI=1S/2ClH.2H2O.Pt/h2*1H;2*1H2;/q;;;;+4/p-4. The summed E-state index contributed by atoms with van der Waals surface area (Å²) in [5, 5.41) is 0. The van der Waals surface area contributed by atoms with Gasteiger partial charge in [-0.2, -0.15) is 0 Å². The molecule has 0 unspecified atom stereocenters. The predicted molar refractivity (Wildman–Crippen MR) is 16.1 cm³/mol. The molecular weight excluding hydrogens is 298 g/mol. The summed E-state index contributed by atoms with van der Waals surface area (Å²) in [4.78, 5) is 0. The van der Waals surface area contributed by atoms with Crippen LogP contribution in [0.3, 0.4) is 0 Å². The molecule has 5 heteroatoms. The van der Waals surface area contributed by atoms with Gasteiger partial charge in [-0.05, 0) is 0 Å². The van der Waals surface area contributed by atoms with Crippen molar-refractivity contribution in [3.05, 3.63) is 0 Å². The van der Waals surface area contributed by atoms with Gasteiger partial charge >= 0.3 is 41.1 Å². The second kappa shape index (κ2) is 1.76. The van der Waals surface area contributed by atoms with Crippen LogP contribution in [0.5, 0.6) is 0 Å². The zero-order valence-electron chi connectivity index (χ0n) is 1.97. The molecule has 0 amide bonds. The molecule has 2 nitrogen and oxygen atoms in total. The molecule has 0 fully saturated rings. The van der Waals surface area contributed by atoms with Crippen LogP contribution in [0.1, 0.15) is 0 Å². The summed E-state index contributed by atoms with van der Waals surface area (Å²) in [6.07, 6.45) is 0. The van der Waals surface area contributed by atoms with Crippen LogP contribution >= 0.6 is 18.8 Å².